The molecular weight excluding hydrogens is 208 g/mol. The number of likely N-dealkylation sites (N-methyl/N-ethyl adjacent to an activating group) is 1. The number of hydrogen-bond donors (Lipinski definition) is 2. The molecule has 0 aromatic rings. The molecule has 0 fully saturated rings. The first-order chi connectivity index (χ1) is 7.43. The highest BCUT2D eigenvalue weighted by Crippen LogP contribution is 2.12. The van der Waals surface area contributed by atoms with Gasteiger partial charge in [0.25, 0.3) is 0 Å². The van der Waals surface area contributed by atoms with E-state index in [0.717, 1.165) is 6.42 Å². The summed E-state index contributed by atoms with van der Waals surface area (Å²) in [5, 5.41) is 2.84. The summed E-state index contributed by atoms with van der Waals surface area (Å²) < 4.78 is 10.7. The largest absolute Gasteiger partial charge is 0.381 e. The van der Waals surface area contributed by atoms with Crippen LogP contribution in [0.1, 0.15) is 26.7 Å². The Balaban J connectivity index is 3.57. The molecule has 0 saturated carbocycles. The van der Waals surface area contributed by atoms with Crippen molar-refractivity contribution in [2.75, 3.05) is 27.4 Å². The third-order valence-corrected chi connectivity index (χ3v) is 2.64. The first-order valence-electron chi connectivity index (χ1n) is 5.52. The zero-order valence-electron chi connectivity index (χ0n) is 10.7. The second kappa shape index (κ2) is 7.60. The van der Waals surface area contributed by atoms with Crippen molar-refractivity contribution in [1.29, 1.82) is 0 Å². The number of rotatable bonds is 9. The lowest BCUT2D eigenvalue weighted by atomic mass is 10.1. The highest BCUT2D eigenvalue weighted by molar-refractivity contribution is 5.79. The van der Waals surface area contributed by atoms with Gasteiger partial charge in [0, 0.05) is 20.3 Å². The molecule has 0 saturated heterocycles. The maximum Gasteiger partial charge on any atom is 0.234 e. The van der Waals surface area contributed by atoms with Gasteiger partial charge in [0.2, 0.25) is 5.91 Å². The van der Waals surface area contributed by atoms with Crippen molar-refractivity contribution in [2.24, 2.45) is 5.73 Å². The van der Waals surface area contributed by atoms with Crippen LogP contribution >= 0.6 is 0 Å². The molecule has 0 rings (SSSR count). The maximum atomic E-state index is 10.9. The number of methoxy groups -OCH3 is 1. The van der Waals surface area contributed by atoms with Gasteiger partial charge in [-0.2, -0.15) is 0 Å². The number of primary amides is 1. The predicted octanol–water partition coefficient (Wildman–Crippen LogP) is 0.282. The number of nitrogens with two attached hydrogens (primary N) is 1. The maximum absolute atomic E-state index is 10.9. The predicted molar refractivity (Wildman–Crippen MR) is 63.2 cm³/mol. The van der Waals surface area contributed by atoms with Crippen molar-refractivity contribution in [2.45, 2.75) is 38.3 Å². The summed E-state index contributed by atoms with van der Waals surface area (Å²) in [6, 6.07) is -0.310. The molecule has 1 amide bonds. The Bertz CT molecular complexity index is 207. The van der Waals surface area contributed by atoms with Crippen LogP contribution in [0.3, 0.4) is 0 Å². The minimum absolute atomic E-state index is 0.161. The number of ether oxygens (including phenoxy) is 2. The van der Waals surface area contributed by atoms with E-state index < -0.39 is 0 Å². The van der Waals surface area contributed by atoms with Gasteiger partial charge >= 0.3 is 0 Å². The molecule has 1 unspecified atom stereocenters. The fourth-order valence-electron chi connectivity index (χ4n) is 1.15. The molecule has 0 aromatic heterocycles. The minimum atomic E-state index is -0.344. The topological polar surface area (TPSA) is 73.6 Å². The molecule has 0 aliphatic rings. The molecule has 16 heavy (non-hydrogen) atoms. The Hall–Kier alpha value is -0.650. The van der Waals surface area contributed by atoms with E-state index in [4.69, 9.17) is 15.2 Å². The molecule has 0 aliphatic carbocycles. The summed E-state index contributed by atoms with van der Waals surface area (Å²) in [5.74, 6) is -0.344. The Morgan fingerprint density at radius 2 is 2.06 bits per heavy atom. The first kappa shape index (κ1) is 15.3. The smallest absolute Gasteiger partial charge is 0.234 e. The third kappa shape index (κ3) is 6.76. The molecule has 0 bridgehead atoms. The lowest BCUT2D eigenvalue weighted by Crippen LogP contribution is -2.40. The van der Waals surface area contributed by atoms with Crippen LogP contribution in [0, 0.1) is 0 Å². The Morgan fingerprint density at radius 1 is 1.44 bits per heavy atom. The van der Waals surface area contributed by atoms with Crippen molar-refractivity contribution in [3.8, 4) is 0 Å². The second-order valence-electron chi connectivity index (χ2n) is 4.36. The van der Waals surface area contributed by atoms with Crippen LogP contribution in [0.2, 0.25) is 0 Å². The summed E-state index contributed by atoms with van der Waals surface area (Å²) in [7, 11) is 3.40. The molecule has 3 N–H and O–H groups in total. The van der Waals surface area contributed by atoms with Gasteiger partial charge < -0.3 is 20.5 Å². The average molecular weight is 232 g/mol. The van der Waals surface area contributed by atoms with Crippen LogP contribution < -0.4 is 11.1 Å². The zero-order chi connectivity index (χ0) is 12.6. The van der Waals surface area contributed by atoms with Crippen molar-refractivity contribution < 1.29 is 14.3 Å². The van der Waals surface area contributed by atoms with Crippen LogP contribution in [0.15, 0.2) is 0 Å². The molecule has 1 atom stereocenters. The van der Waals surface area contributed by atoms with Crippen LogP contribution in [-0.4, -0.2) is 44.9 Å². The number of hydrogen-bond acceptors (Lipinski definition) is 4. The van der Waals surface area contributed by atoms with E-state index in [-0.39, 0.29) is 17.6 Å². The first-order valence-corrected chi connectivity index (χ1v) is 5.52. The van der Waals surface area contributed by atoms with E-state index >= 15 is 0 Å². The quantitative estimate of drug-likeness (QED) is 0.560. The molecule has 0 heterocycles. The van der Waals surface area contributed by atoms with E-state index in [1.165, 1.54) is 0 Å². The highest BCUT2D eigenvalue weighted by Gasteiger charge is 2.16. The second-order valence-corrected chi connectivity index (χ2v) is 4.36. The lowest BCUT2D eigenvalue weighted by molar-refractivity contribution is -0.120. The number of amides is 1. The number of carbonyl (C=O) groups is 1. The fraction of sp³-hybridized carbons (Fsp3) is 0.909. The monoisotopic (exact) mass is 232 g/mol. The average Bonchev–Trinajstić information content (AvgIpc) is 2.22. The summed E-state index contributed by atoms with van der Waals surface area (Å²) in [6.45, 7) is 5.16. The van der Waals surface area contributed by atoms with Crippen LogP contribution in [0.4, 0.5) is 0 Å². The van der Waals surface area contributed by atoms with Gasteiger partial charge in [0.1, 0.15) is 0 Å². The van der Waals surface area contributed by atoms with Crippen LogP contribution in [0.5, 0.6) is 0 Å². The van der Waals surface area contributed by atoms with Crippen molar-refractivity contribution in [3.63, 3.8) is 0 Å². The van der Waals surface area contributed by atoms with Crippen LogP contribution in [-0.2, 0) is 14.3 Å². The van der Waals surface area contributed by atoms with E-state index in [1.54, 1.807) is 14.2 Å². The zero-order valence-corrected chi connectivity index (χ0v) is 10.7. The summed E-state index contributed by atoms with van der Waals surface area (Å²) >= 11 is 0. The fourth-order valence-corrected chi connectivity index (χ4v) is 1.15. The molecule has 96 valence electrons. The molecule has 0 aliphatic heterocycles. The normalized spacial score (nSPS) is 13.8. The van der Waals surface area contributed by atoms with Crippen LogP contribution in [0.25, 0.3) is 0 Å². The third-order valence-electron chi connectivity index (χ3n) is 2.64. The molecule has 0 spiro atoms. The molecular formula is C11H24N2O3. The Morgan fingerprint density at radius 3 is 2.50 bits per heavy atom. The number of nitrogens with one attached hydrogen (secondary N) is 1. The van der Waals surface area contributed by atoms with Crippen molar-refractivity contribution in [3.05, 3.63) is 0 Å². The molecule has 5 heteroatoms. The lowest BCUT2D eigenvalue weighted by Gasteiger charge is -2.22. The number of carbonyl (C=O) groups excluding carboxylic acids is 1. The Labute approximate surface area is 97.7 Å². The minimum Gasteiger partial charge on any atom is -0.381 e. The van der Waals surface area contributed by atoms with E-state index in [1.807, 2.05) is 13.8 Å². The van der Waals surface area contributed by atoms with E-state index in [9.17, 15) is 4.79 Å². The van der Waals surface area contributed by atoms with Gasteiger partial charge in [-0.15, -0.1) is 0 Å². The standard InChI is InChI=1S/C11H24N2O3/c1-11(2,15-4)6-8-16-7-5-9(13-3)10(12)14/h9,13H,5-8H2,1-4H3,(H2,12,14). The van der Waals surface area contributed by atoms with E-state index in [2.05, 4.69) is 5.32 Å². The summed E-state index contributed by atoms with van der Waals surface area (Å²) in [6.07, 6.45) is 1.42. The SMILES string of the molecule is CNC(CCOCCC(C)(C)OC)C(N)=O. The summed E-state index contributed by atoms with van der Waals surface area (Å²) in [4.78, 5) is 10.9. The summed E-state index contributed by atoms with van der Waals surface area (Å²) in [5.41, 5.74) is 5.02. The van der Waals surface area contributed by atoms with Gasteiger partial charge in [0.05, 0.1) is 11.6 Å². The van der Waals surface area contributed by atoms with Gasteiger partial charge in [0.15, 0.2) is 0 Å². The molecule has 0 aromatic carbocycles. The van der Waals surface area contributed by atoms with Gasteiger partial charge in [-0.1, -0.05) is 0 Å². The highest BCUT2D eigenvalue weighted by atomic mass is 16.5. The van der Waals surface area contributed by atoms with Gasteiger partial charge in [-0.25, -0.2) is 0 Å². The Kier molecular flexibility index (Phi) is 7.29. The van der Waals surface area contributed by atoms with Gasteiger partial charge in [-0.05, 0) is 33.7 Å². The van der Waals surface area contributed by atoms with E-state index in [0.29, 0.717) is 19.6 Å². The van der Waals surface area contributed by atoms with Gasteiger partial charge in [-0.3, -0.25) is 4.79 Å². The molecule has 0 radical (unpaired) electrons. The molecule has 5 nitrogen and oxygen atoms in total. The van der Waals surface area contributed by atoms with Crippen molar-refractivity contribution in [1.82, 2.24) is 5.32 Å². The van der Waals surface area contributed by atoms with Crippen molar-refractivity contribution >= 4 is 5.91 Å².